The Kier molecular flexibility index (Phi) is 4.43. The molecular weight excluding hydrogens is 242 g/mol. The predicted octanol–water partition coefficient (Wildman–Crippen LogP) is 1.67. The van der Waals surface area contributed by atoms with Crippen molar-refractivity contribution in [3.05, 3.63) is 29.3 Å². The Balaban J connectivity index is 1.91. The molecule has 0 aliphatic carbocycles. The van der Waals surface area contributed by atoms with Gasteiger partial charge in [0.2, 0.25) is 0 Å². The number of carbonyl (C=O) groups is 1. The zero-order chi connectivity index (χ0) is 13.8. The van der Waals surface area contributed by atoms with E-state index in [0.29, 0.717) is 0 Å². The number of carbonyl (C=O) groups excluding carboxylic acids is 1. The molecule has 1 aliphatic heterocycles. The first-order chi connectivity index (χ1) is 9.11. The van der Waals surface area contributed by atoms with Gasteiger partial charge in [-0.15, -0.1) is 0 Å². The summed E-state index contributed by atoms with van der Waals surface area (Å²) in [6.45, 7) is 4.86. The molecule has 4 nitrogen and oxygen atoms in total. The molecule has 0 aromatic heterocycles. The van der Waals surface area contributed by atoms with Gasteiger partial charge in [-0.05, 0) is 49.9 Å². The van der Waals surface area contributed by atoms with Crippen molar-refractivity contribution in [3.8, 4) is 5.75 Å². The smallest absolute Gasteiger partial charge is 0.260 e. The number of hydrogen-bond donors (Lipinski definition) is 1. The molecule has 1 unspecified atom stereocenters. The summed E-state index contributed by atoms with van der Waals surface area (Å²) in [6, 6.07) is 5.77. The lowest BCUT2D eigenvalue weighted by Gasteiger charge is -2.23. The molecular formula is C15H21NO3. The highest BCUT2D eigenvalue weighted by atomic mass is 16.5. The normalized spacial score (nSPS) is 18.7. The fourth-order valence-corrected chi connectivity index (χ4v) is 2.39. The van der Waals surface area contributed by atoms with Crippen LogP contribution in [0.15, 0.2) is 18.2 Å². The van der Waals surface area contributed by atoms with Gasteiger partial charge in [0.25, 0.3) is 5.91 Å². The molecule has 2 rings (SSSR count). The van der Waals surface area contributed by atoms with Gasteiger partial charge in [0.05, 0.1) is 12.6 Å². The highest BCUT2D eigenvalue weighted by Gasteiger charge is 2.28. The third-order valence-electron chi connectivity index (χ3n) is 3.75. The minimum atomic E-state index is -0.0465. The van der Waals surface area contributed by atoms with Gasteiger partial charge in [-0.1, -0.05) is 6.07 Å². The maximum Gasteiger partial charge on any atom is 0.260 e. The van der Waals surface area contributed by atoms with E-state index in [1.165, 1.54) is 5.56 Å². The molecule has 0 radical (unpaired) electrons. The van der Waals surface area contributed by atoms with Crippen molar-refractivity contribution in [1.82, 2.24) is 4.90 Å². The lowest BCUT2D eigenvalue weighted by molar-refractivity contribution is -0.134. The summed E-state index contributed by atoms with van der Waals surface area (Å²) in [5.41, 5.74) is 2.36. The highest BCUT2D eigenvalue weighted by molar-refractivity contribution is 5.78. The Labute approximate surface area is 114 Å². The van der Waals surface area contributed by atoms with Crippen LogP contribution in [0.2, 0.25) is 0 Å². The minimum absolute atomic E-state index is 0.0316. The number of benzene rings is 1. The third kappa shape index (κ3) is 3.26. The van der Waals surface area contributed by atoms with Crippen LogP contribution >= 0.6 is 0 Å². The average molecular weight is 263 g/mol. The molecule has 104 valence electrons. The summed E-state index contributed by atoms with van der Waals surface area (Å²) in [6.07, 6.45) is 1.84. The standard InChI is InChI=1S/C15H21NO3/c1-11-5-6-14(8-12(11)2)19-10-15(18)16-7-3-4-13(16)9-17/h5-6,8,13,17H,3-4,7,9-10H2,1-2H3. The van der Waals surface area contributed by atoms with E-state index in [9.17, 15) is 9.90 Å². The molecule has 0 bridgehead atoms. The number of aliphatic hydroxyl groups excluding tert-OH is 1. The maximum absolute atomic E-state index is 12.0. The monoisotopic (exact) mass is 263 g/mol. The zero-order valence-corrected chi connectivity index (χ0v) is 11.6. The molecule has 1 N–H and O–H groups in total. The summed E-state index contributed by atoms with van der Waals surface area (Å²) >= 11 is 0. The van der Waals surface area contributed by atoms with Gasteiger partial charge in [0, 0.05) is 6.54 Å². The number of aliphatic hydroxyl groups is 1. The highest BCUT2D eigenvalue weighted by Crippen LogP contribution is 2.19. The van der Waals surface area contributed by atoms with Gasteiger partial charge in [0.1, 0.15) is 5.75 Å². The number of ether oxygens (including phenoxy) is 1. The number of likely N-dealkylation sites (tertiary alicyclic amines) is 1. The number of hydrogen-bond acceptors (Lipinski definition) is 3. The van der Waals surface area contributed by atoms with Crippen LogP contribution in [0.5, 0.6) is 5.75 Å². The van der Waals surface area contributed by atoms with Gasteiger partial charge in [-0.3, -0.25) is 4.79 Å². The lowest BCUT2D eigenvalue weighted by atomic mass is 10.1. The Morgan fingerprint density at radius 1 is 1.42 bits per heavy atom. The quantitative estimate of drug-likeness (QED) is 0.899. The number of aryl methyl sites for hydroxylation is 2. The second kappa shape index (κ2) is 6.06. The van der Waals surface area contributed by atoms with Crippen molar-refractivity contribution in [3.63, 3.8) is 0 Å². The molecule has 19 heavy (non-hydrogen) atoms. The Morgan fingerprint density at radius 2 is 2.21 bits per heavy atom. The Hall–Kier alpha value is -1.55. The first-order valence-electron chi connectivity index (χ1n) is 6.72. The number of amides is 1. The summed E-state index contributed by atoms with van der Waals surface area (Å²) in [4.78, 5) is 13.8. The van der Waals surface area contributed by atoms with Gasteiger partial charge >= 0.3 is 0 Å². The van der Waals surface area contributed by atoms with Crippen molar-refractivity contribution in [2.24, 2.45) is 0 Å². The largest absolute Gasteiger partial charge is 0.484 e. The molecule has 1 heterocycles. The summed E-state index contributed by atoms with van der Waals surface area (Å²) in [5.74, 6) is 0.672. The number of rotatable bonds is 4. The van der Waals surface area contributed by atoms with E-state index in [4.69, 9.17) is 4.74 Å². The van der Waals surface area contributed by atoms with E-state index in [1.54, 1.807) is 4.90 Å². The van der Waals surface area contributed by atoms with E-state index < -0.39 is 0 Å². The van der Waals surface area contributed by atoms with Crippen LogP contribution in [0.4, 0.5) is 0 Å². The molecule has 0 spiro atoms. The second-order valence-electron chi connectivity index (χ2n) is 5.10. The SMILES string of the molecule is Cc1ccc(OCC(=O)N2CCCC2CO)cc1C. The lowest BCUT2D eigenvalue weighted by Crippen LogP contribution is -2.40. The Bertz CT molecular complexity index is 459. The van der Waals surface area contributed by atoms with E-state index >= 15 is 0 Å². The van der Waals surface area contributed by atoms with Gasteiger partial charge in [-0.25, -0.2) is 0 Å². The summed E-state index contributed by atoms with van der Waals surface area (Å²) < 4.78 is 5.54. The van der Waals surface area contributed by atoms with E-state index in [2.05, 4.69) is 0 Å². The van der Waals surface area contributed by atoms with E-state index in [1.807, 2.05) is 32.0 Å². The molecule has 1 fully saturated rings. The molecule has 0 saturated carbocycles. The van der Waals surface area contributed by atoms with E-state index in [-0.39, 0.29) is 25.2 Å². The van der Waals surface area contributed by atoms with Crippen LogP contribution in [0.25, 0.3) is 0 Å². The summed E-state index contributed by atoms with van der Waals surface area (Å²) in [5, 5.41) is 9.20. The topological polar surface area (TPSA) is 49.8 Å². The molecule has 1 amide bonds. The molecule has 1 aromatic rings. The predicted molar refractivity (Wildman–Crippen MR) is 73.2 cm³/mol. The molecule has 1 aliphatic rings. The molecule has 1 atom stereocenters. The van der Waals surface area contributed by atoms with Gasteiger partial charge in [-0.2, -0.15) is 0 Å². The molecule has 4 heteroatoms. The minimum Gasteiger partial charge on any atom is -0.484 e. The van der Waals surface area contributed by atoms with Crippen molar-refractivity contribution in [2.45, 2.75) is 32.7 Å². The van der Waals surface area contributed by atoms with Crippen LogP contribution in [0, 0.1) is 13.8 Å². The van der Waals surface area contributed by atoms with Crippen LogP contribution < -0.4 is 4.74 Å². The average Bonchev–Trinajstić information content (AvgIpc) is 2.88. The first-order valence-corrected chi connectivity index (χ1v) is 6.72. The van der Waals surface area contributed by atoms with Gasteiger partial charge < -0.3 is 14.7 Å². The van der Waals surface area contributed by atoms with Crippen molar-refractivity contribution in [2.75, 3.05) is 19.8 Å². The van der Waals surface area contributed by atoms with Crippen LogP contribution in [-0.2, 0) is 4.79 Å². The van der Waals surface area contributed by atoms with Crippen LogP contribution in [-0.4, -0.2) is 41.7 Å². The van der Waals surface area contributed by atoms with Crippen LogP contribution in [0.3, 0.4) is 0 Å². The second-order valence-corrected chi connectivity index (χ2v) is 5.10. The van der Waals surface area contributed by atoms with E-state index in [0.717, 1.165) is 30.7 Å². The first kappa shape index (κ1) is 13.9. The van der Waals surface area contributed by atoms with Crippen molar-refractivity contribution < 1.29 is 14.6 Å². The Morgan fingerprint density at radius 3 is 2.89 bits per heavy atom. The van der Waals surface area contributed by atoms with Crippen LogP contribution in [0.1, 0.15) is 24.0 Å². The third-order valence-corrected chi connectivity index (χ3v) is 3.75. The fourth-order valence-electron chi connectivity index (χ4n) is 2.39. The van der Waals surface area contributed by atoms with Gasteiger partial charge in [0.15, 0.2) is 6.61 Å². The summed E-state index contributed by atoms with van der Waals surface area (Å²) in [7, 11) is 0. The molecule has 1 saturated heterocycles. The zero-order valence-electron chi connectivity index (χ0n) is 11.6. The van der Waals surface area contributed by atoms with Crippen molar-refractivity contribution >= 4 is 5.91 Å². The number of nitrogens with zero attached hydrogens (tertiary/aromatic N) is 1. The maximum atomic E-state index is 12.0. The van der Waals surface area contributed by atoms with Crippen molar-refractivity contribution in [1.29, 1.82) is 0 Å². The fraction of sp³-hybridized carbons (Fsp3) is 0.533. The molecule has 1 aromatic carbocycles.